The molecule has 0 radical (unpaired) electrons. The molecule has 1 aromatic heterocycles. The minimum atomic E-state index is 0.412. The van der Waals surface area contributed by atoms with Crippen LogP contribution < -0.4 is 0 Å². The Morgan fingerprint density at radius 2 is 2.19 bits per heavy atom. The van der Waals surface area contributed by atoms with Crippen molar-refractivity contribution < 1.29 is 0 Å². The maximum atomic E-state index is 5.94. The van der Waals surface area contributed by atoms with Gasteiger partial charge in [0.2, 0.25) is 5.28 Å². The number of hydrogen-bond acceptors (Lipinski definition) is 3. The largest absolute Gasteiger partial charge is 0.296 e. The highest BCUT2D eigenvalue weighted by atomic mass is 35.5. The fourth-order valence-corrected chi connectivity index (χ4v) is 2.72. The van der Waals surface area contributed by atoms with E-state index in [2.05, 4.69) is 21.8 Å². The maximum Gasteiger partial charge on any atom is 0.222 e. The lowest BCUT2D eigenvalue weighted by molar-refractivity contribution is 0.240. The van der Waals surface area contributed by atoms with Gasteiger partial charge in [0.15, 0.2) is 0 Å². The molecule has 0 saturated heterocycles. The summed E-state index contributed by atoms with van der Waals surface area (Å²) in [6, 6.07) is 0.827. The third-order valence-corrected chi connectivity index (χ3v) is 3.72. The molecule has 1 fully saturated rings. The van der Waals surface area contributed by atoms with Crippen LogP contribution in [-0.2, 0) is 19.4 Å². The van der Waals surface area contributed by atoms with Gasteiger partial charge >= 0.3 is 0 Å². The van der Waals surface area contributed by atoms with Crippen LogP contribution >= 0.6 is 11.6 Å². The molecular formula is C12H16ClN3. The summed E-state index contributed by atoms with van der Waals surface area (Å²) in [5, 5.41) is 0.412. The van der Waals surface area contributed by atoms with Crippen molar-refractivity contribution in [3.8, 4) is 0 Å². The fraction of sp³-hybridized carbons (Fsp3) is 0.667. The maximum absolute atomic E-state index is 5.94. The highest BCUT2D eigenvalue weighted by Gasteiger charge is 2.32. The third-order valence-electron chi connectivity index (χ3n) is 3.55. The third kappa shape index (κ3) is 1.82. The lowest BCUT2D eigenvalue weighted by Gasteiger charge is -2.29. The van der Waals surface area contributed by atoms with Crippen LogP contribution in [0, 0.1) is 0 Å². The van der Waals surface area contributed by atoms with Gasteiger partial charge in [0.25, 0.3) is 0 Å². The Morgan fingerprint density at radius 3 is 2.88 bits per heavy atom. The summed E-state index contributed by atoms with van der Waals surface area (Å²) in [5.74, 6) is 0. The first-order valence-corrected chi connectivity index (χ1v) is 6.44. The van der Waals surface area contributed by atoms with Gasteiger partial charge in [-0.05, 0) is 30.9 Å². The number of nitrogens with zero attached hydrogens (tertiary/aromatic N) is 3. The zero-order valence-electron chi connectivity index (χ0n) is 9.54. The number of hydrogen-bond donors (Lipinski definition) is 0. The molecule has 0 aromatic carbocycles. The summed E-state index contributed by atoms with van der Waals surface area (Å²) in [7, 11) is 0. The molecule has 4 heteroatoms. The van der Waals surface area contributed by atoms with Crippen LogP contribution in [0.3, 0.4) is 0 Å². The SMILES string of the molecule is CCc1nc(Cl)nc2c1CN(C1CC1)CC2. The van der Waals surface area contributed by atoms with Crippen molar-refractivity contribution in [1.29, 1.82) is 0 Å². The molecule has 0 atom stereocenters. The molecule has 0 spiro atoms. The minimum Gasteiger partial charge on any atom is -0.296 e. The van der Waals surface area contributed by atoms with Crippen molar-refractivity contribution in [3.05, 3.63) is 22.2 Å². The molecule has 1 aromatic rings. The van der Waals surface area contributed by atoms with E-state index in [4.69, 9.17) is 11.6 Å². The quantitative estimate of drug-likeness (QED) is 0.739. The summed E-state index contributed by atoms with van der Waals surface area (Å²) in [6.07, 6.45) is 4.71. The number of aryl methyl sites for hydroxylation is 1. The molecule has 1 aliphatic carbocycles. The van der Waals surface area contributed by atoms with Gasteiger partial charge in [-0.15, -0.1) is 0 Å². The van der Waals surface area contributed by atoms with Crippen LogP contribution in [0.25, 0.3) is 0 Å². The zero-order valence-corrected chi connectivity index (χ0v) is 10.3. The molecule has 1 saturated carbocycles. The van der Waals surface area contributed by atoms with Gasteiger partial charge < -0.3 is 0 Å². The Hall–Kier alpha value is -0.670. The molecule has 1 aliphatic heterocycles. The normalized spacial score (nSPS) is 20.9. The zero-order chi connectivity index (χ0) is 11.1. The van der Waals surface area contributed by atoms with Gasteiger partial charge in [-0.25, -0.2) is 9.97 Å². The Labute approximate surface area is 101 Å². The fourth-order valence-electron chi connectivity index (χ4n) is 2.51. The second-order valence-electron chi connectivity index (χ2n) is 4.67. The summed E-state index contributed by atoms with van der Waals surface area (Å²) in [5.41, 5.74) is 3.65. The molecule has 86 valence electrons. The van der Waals surface area contributed by atoms with Crippen LogP contribution in [0.1, 0.15) is 36.7 Å². The molecule has 3 nitrogen and oxygen atoms in total. The second kappa shape index (κ2) is 3.97. The van der Waals surface area contributed by atoms with Gasteiger partial charge in [-0.1, -0.05) is 6.92 Å². The summed E-state index contributed by atoms with van der Waals surface area (Å²) in [4.78, 5) is 11.3. The Bertz CT molecular complexity index is 398. The molecule has 0 bridgehead atoms. The second-order valence-corrected chi connectivity index (χ2v) is 5.01. The van der Waals surface area contributed by atoms with Crippen molar-refractivity contribution in [2.24, 2.45) is 0 Å². The molecule has 0 unspecified atom stereocenters. The average Bonchev–Trinajstić information content (AvgIpc) is 3.11. The lowest BCUT2D eigenvalue weighted by atomic mass is 10.0. The van der Waals surface area contributed by atoms with E-state index >= 15 is 0 Å². The number of rotatable bonds is 2. The summed E-state index contributed by atoms with van der Waals surface area (Å²) < 4.78 is 0. The smallest absolute Gasteiger partial charge is 0.222 e. The molecule has 3 rings (SSSR count). The van der Waals surface area contributed by atoms with E-state index in [0.29, 0.717) is 5.28 Å². The lowest BCUT2D eigenvalue weighted by Crippen LogP contribution is -2.33. The predicted octanol–water partition coefficient (Wildman–Crippen LogP) is 2.21. The van der Waals surface area contributed by atoms with E-state index in [9.17, 15) is 0 Å². The average molecular weight is 238 g/mol. The van der Waals surface area contributed by atoms with E-state index in [1.807, 2.05) is 0 Å². The molecule has 16 heavy (non-hydrogen) atoms. The Balaban J connectivity index is 1.94. The van der Waals surface area contributed by atoms with Crippen molar-refractivity contribution >= 4 is 11.6 Å². The molecule has 2 heterocycles. The van der Waals surface area contributed by atoms with Crippen LogP contribution in [0.4, 0.5) is 0 Å². The number of fused-ring (bicyclic) bond motifs is 1. The van der Waals surface area contributed by atoms with Crippen LogP contribution in [-0.4, -0.2) is 27.5 Å². The highest BCUT2D eigenvalue weighted by molar-refractivity contribution is 6.28. The van der Waals surface area contributed by atoms with Gasteiger partial charge in [0.05, 0.1) is 5.69 Å². The molecule has 0 amide bonds. The van der Waals surface area contributed by atoms with Crippen LogP contribution in [0.5, 0.6) is 0 Å². The van der Waals surface area contributed by atoms with E-state index in [-0.39, 0.29) is 0 Å². The number of aromatic nitrogens is 2. The topological polar surface area (TPSA) is 29.0 Å². The van der Waals surface area contributed by atoms with E-state index in [1.165, 1.54) is 24.1 Å². The predicted molar refractivity (Wildman–Crippen MR) is 63.6 cm³/mol. The van der Waals surface area contributed by atoms with Gasteiger partial charge in [-0.3, -0.25) is 4.90 Å². The van der Waals surface area contributed by atoms with Gasteiger partial charge in [0, 0.05) is 36.8 Å². The first-order valence-electron chi connectivity index (χ1n) is 6.06. The standard InChI is InChI=1S/C12H16ClN3/c1-2-10-9-7-16(8-3-4-8)6-5-11(9)15-12(13)14-10/h8H,2-7H2,1H3. The summed E-state index contributed by atoms with van der Waals surface area (Å²) >= 11 is 5.94. The van der Waals surface area contributed by atoms with Crippen LogP contribution in [0.2, 0.25) is 5.28 Å². The Morgan fingerprint density at radius 1 is 1.38 bits per heavy atom. The Kier molecular flexibility index (Phi) is 2.60. The van der Waals surface area contributed by atoms with E-state index < -0.39 is 0 Å². The molecular weight excluding hydrogens is 222 g/mol. The minimum absolute atomic E-state index is 0.412. The molecule has 2 aliphatic rings. The number of halogens is 1. The van der Waals surface area contributed by atoms with Gasteiger partial charge in [-0.2, -0.15) is 0 Å². The van der Waals surface area contributed by atoms with Crippen molar-refractivity contribution in [1.82, 2.24) is 14.9 Å². The van der Waals surface area contributed by atoms with E-state index in [1.54, 1.807) is 0 Å². The van der Waals surface area contributed by atoms with Crippen molar-refractivity contribution in [2.75, 3.05) is 6.54 Å². The van der Waals surface area contributed by atoms with Crippen molar-refractivity contribution in [2.45, 2.75) is 45.2 Å². The van der Waals surface area contributed by atoms with Crippen molar-refractivity contribution in [3.63, 3.8) is 0 Å². The molecule has 0 N–H and O–H groups in total. The van der Waals surface area contributed by atoms with E-state index in [0.717, 1.165) is 37.7 Å². The van der Waals surface area contributed by atoms with Gasteiger partial charge in [0.1, 0.15) is 0 Å². The highest BCUT2D eigenvalue weighted by Crippen LogP contribution is 2.32. The monoisotopic (exact) mass is 237 g/mol. The first-order chi connectivity index (χ1) is 7.78. The first kappa shape index (κ1) is 10.5. The van der Waals surface area contributed by atoms with Crippen LogP contribution in [0.15, 0.2) is 0 Å². The summed E-state index contributed by atoms with van der Waals surface area (Å²) in [6.45, 7) is 4.30.